The Kier molecular flexibility index (Phi) is 3.17. The van der Waals surface area contributed by atoms with Gasteiger partial charge in [0.2, 0.25) is 0 Å². The fourth-order valence-electron chi connectivity index (χ4n) is 0.441. The first-order valence-electron chi connectivity index (χ1n) is 2.91. The zero-order valence-corrected chi connectivity index (χ0v) is 6.01. The van der Waals surface area contributed by atoms with Gasteiger partial charge in [-0.25, -0.2) is 0 Å². The number of carbonyl (C=O) groups excluding carboxylic acids is 1. The number of allylic oxidation sites excluding steroid dienone is 1. The lowest BCUT2D eigenvalue weighted by Gasteiger charge is -2.00. The molecule has 52 valence electrons. The molecule has 0 radical (unpaired) electrons. The summed E-state index contributed by atoms with van der Waals surface area (Å²) in [6.45, 7) is 4.83. The van der Waals surface area contributed by atoms with Crippen LogP contribution in [0.25, 0.3) is 0 Å². The van der Waals surface area contributed by atoms with Gasteiger partial charge in [-0.2, -0.15) is 0 Å². The van der Waals surface area contributed by atoms with E-state index in [1.54, 1.807) is 13.8 Å². The zero-order chi connectivity index (χ0) is 7.44. The quantitative estimate of drug-likeness (QED) is 0.561. The van der Waals surface area contributed by atoms with Crippen molar-refractivity contribution in [2.75, 3.05) is 0 Å². The van der Waals surface area contributed by atoms with Crippen LogP contribution in [0, 0.1) is 0 Å². The molecule has 1 unspecified atom stereocenters. The third-order valence-electron chi connectivity index (χ3n) is 1.09. The maximum absolute atomic E-state index is 10.4. The van der Waals surface area contributed by atoms with E-state index < -0.39 is 6.10 Å². The van der Waals surface area contributed by atoms with E-state index in [0.29, 0.717) is 5.57 Å². The molecule has 0 bridgehead atoms. The van der Waals surface area contributed by atoms with Gasteiger partial charge in [0.25, 0.3) is 0 Å². The molecule has 1 atom stereocenters. The maximum Gasteiger partial charge on any atom is 0.152 e. The van der Waals surface area contributed by atoms with Crippen LogP contribution in [0.1, 0.15) is 20.8 Å². The van der Waals surface area contributed by atoms with E-state index in [4.69, 9.17) is 5.11 Å². The van der Waals surface area contributed by atoms with E-state index >= 15 is 0 Å². The van der Waals surface area contributed by atoms with Crippen LogP contribution in [0.4, 0.5) is 0 Å². The van der Waals surface area contributed by atoms with Gasteiger partial charge in [0, 0.05) is 0 Å². The highest BCUT2D eigenvalue weighted by molar-refractivity contribution is 5.87. The lowest BCUT2D eigenvalue weighted by Crippen LogP contribution is -2.02. The minimum absolute atomic E-state index is 0.0200. The number of hydrogen-bond acceptors (Lipinski definition) is 2. The molecule has 0 aliphatic rings. The third-order valence-corrected chi connectivity index (χ3v) is 1.09. The normalized spacial score (nSPS) is 15.3. The molecule has 1 N–H and O–H groups in total. The van der Waals surface area contributed by atoms with Crippen LogP contribution in [0.5, 0.6) is 0 Å². The van der Waals surface area contributed by atoms with Crippen molar-refractivity contribution in [2.45, 2.75) is 26.9 Å². The number of aliphatic hydroxyl groups is 1. The molecule has 0 saturated heterocycles. The van der Waals surface area contributed by atoms with Crippen molar-refractivity contribution in [1.29, 1.82) is 0 Å². The molecule has 0 spiro atoms. The summed E-state index contributed by atoms with van der Waals surface area (Å²) >= 11 is 0. The molecule has 0 amide bonds. The third kappa shape index (κ3) is 3.91. The van der Waals surface area contributed by atoms with Crippen LogP contribution in [0.3, 0.4) is 0 Å². The van der Waals surface area contributed by atoms with Gasteiger partial charge in [-0.3, -0.25) is 4.79 Å². The van der Waals surface area contributed by atoms with Crippen LogP contribution < -0.4 is 0 Å². The molecule has 0 aromatic rings. The van der Waals surface area contributed by atoms with E-state index in [-0.39, 0.29) is 5.78 Å². The van der Waals surface area contributed by atoms with E-state index in [9.17, 15) is 4.79 Å². The first-order chi connectivity index (χ1) is 4.04. The maximum atomic E-state index is 10.4. The second kappa shape index (κ2) is 3.41. The molecule has 0 fully saturated rings. The summed E-state index contributed by atoms with van der Waals surface area (Å²) in [6.07, 6.45) is 0.930. The van der Waals surface area contributed by atoms with E-state index in [0.717, 1.165) is 0 Å². The van der Waals surface area contributed by atoms with Crippen LogP contribution >= 0.6 is 0 Å². The minimum Gasteiger partial charge on any atom is -0.389 e. The molecule has 0 aliphatic carbocycles. The van der Waals surface area contributed by atoms with Crippen molar-refractivity contribution in [1.82, 2.24) is 0 Å². The number of aliphatic hydroxyl groups excluding tert-OH is 1. The Labute approximate surface area is 55.2 Å². The van der Waals surface area contributed by atoms with Gasteiger partial charge < -0.3 is 5.11 Å². The molecule has 0 aromatic carbocycles. The monoisotopic (exact) mass is 128 g/mol. The Morgan fingerprint density at radius 3 is 2.11 bits per heavy atom. The highest BCUT2D eigenvalue weighted by Crippen LogP contribution is 1.98. The van der Waals surface area contributed by atoms with Crippen molar-refractivity contribution in [3.05, 3.63) is 11.6 Å². The highest BCUT2D eigenvalue weighted by atomic mass is 16.3. The summed E-state index contributed by atoms with van der Waals surface area (Å²) in [7, 11) is 0. The number of carbonyl (C=O) groups is 1. The first kappa shape index (κ1) is 8.37. The molecule has 0 rings (SSSR count). The number of hydrogen-bond donors (Lipinski definition) is 1. The smallest absolute Gasteiger partial charge is 0.152 e. The Balaban J connectivity index is 4.00. The Bertz CT molecular complexity index is 134. The summed E-state index contributed by atoms with van der Waals surface area (Å²) in [5.41, 5.74) is 0.711. The van der Waals surface area contributed by atoms with Gasteiger partial charge >= 0.3 is 0 Å². The first-order valence-corrected chi connectivity index (χ1v) is 2.91. The van der Waals surface area contributed by atoms with Gasteiger partial charge in [0.15, 0.2) is 5.78 Å². The average Bonchev–Trinajstić information content (AvgIpc) is 1.63. The number of rotatable bonds is 2. The van der Waals surface area contributed by atoms with Crippen LogP contribution in [-0.2, 0) is 4.79 Å². The average molecular weight is 128 g/mol. The van der Waals surface area contributed by atoms with Crippen LogP contribution in [-0.4, -0.2) is 17.0 Å². The number of ketones is 1. The Morgan fingerprint density at radius 2 is 2.00 bits per heavy atom. The molecule has 0 heterocycles. The predicted molar refractivity (Wildman–Crippen MR) is 36.1 cm³/mol. The van der Waals surface area contributed by atoms with Gasteiger partial charge in [0.1, 0.15) is 0 Å². The largest absolute Gasteiger partial charge is 0.389 e. The summed E-state index contributed by atoms with van der Waals surface area (Å²) < 4.78 is 0. The van der Waals surface area contributed by atoms with Crippen molar-refractivity contribution in [3.8, 4) is 0 Å². The summed E-state index contributed by atoms with van der Waals surface area (Å²) in [4.78, 5) is 10.4. The zero-order valence-electron chi connectivity index (χ0n) is 6.01. The predicted octanol–water partition coefficient (Wildman–Crippen LogP) is 0.902. The van der Waals surface area contributed by atoms with Crippen molar-refractivity contribution >= 4 is 5.78 Å². The summed E-state index contributed by atoms with van der Waals surface area (Å²) in [5.74, 6) is -0.0200. The van der Waals surface area contributed by atoms with E-state index in [2.05, 4.69) is 0 Å². The van der Waals surface area contributed by atoms with Crippen molar-refractivity contribution in [2.24, 2.45) is 0 Å². The van der Waals surface area contributed by atoms with Gasteiger partial charge in [-0.05, 0) is 32.4 Å². The van der Waals surface area contributed by atoms with Gasteiger partial charge in [-0.1, -0.05) is 0 Å². The molecule has 2 heteroatoms. The second-order valence-corrected chi connectivity index (χ2v) is 2.17. The standard InChI is InChI=1S/C7H12O2/c1-5(7(3)9)4-6(2)8/h4,7,9H,1-3H3. The molecule has 0 saturated carbocycles. The SMILES string of the molecule is CC(=O)C=C(C)C(C)O. The van der Waals surface area contributed by atoms with Crippen LogP contribution in [0.15, 0.2) is 11.6 Å². The van der Waals surface area contributed by atoms with E-state index in [1.807, 2.05) is 0 Å². The van der Waals surface area contributed by atoms with E-state index in [1.165, 1.54) is 13.0 Å². The molecular formula is C7H12O2. The Hall–Kier alpha value is -0.630. The molecule has 2 nitrogen and oxygen atoms in total. The topological polar surface area (TPSA) is 37.3 Å². The van der Waals surface area contributed by atoms with Crippen LogP contribution in [0.2, 0.25) is 0 Å². The molecule has 9 heavy (non-hydrogen) atoms. The fraction of sp³-hybridized carbons (Fsp3) is 0.571. The Morgan fingerprint density at radius 1 is 1.56 bits per heavy atom. The summed E-state index contributed by atoms with van der Waals surface area (Å²) in [6, 6.07) is 0. The molecule has 0 aromatic heterocycles. The fourth-order valence-corrected chi connectivity index (χ4v) is 0.441. The van der Waals surface area contributed by atoms with Crippen molar-refractivity contribution < 1.29 is 9.90 Å². The second-order valence-electron chi connectivity index (χ2n) is 2.17. The lowest BCUT2D eigenvalue weighted by atomic mass is 10.1. The minimum atomic E-state index is -0.506. The molecular weight excluding hydrogens is 116 g/mol. The summed E-state index contributed by atoms with van der Waals surface area (Å²) in [5, 5.41) is 8.85. The molecule has 0 aliphatic heterocycles. The van der Waals surface area contributed by atoms with Gasteiger partial charge in [-0.15, -0.1) is 0 Å². The lowest BCUT2D eigenvalue weighted by molar-refractivity contribution is -0.112. The highest BCUT2D eigenvalue weighted by Gasteiger charge is 1.97. The van der Waals surface area contributed by atoms with Gasteiger partial charge in [0.05, 0.1) is 6.10 Å². The van der Waals surface area contributed by atoms with Crippen molar-refractivity contribution in [3.63, 3.8) is 0 Å².